The molecule has 1 aromatic carbocycles. The summed E-state index contributed by atoms with van der Waals surface area (Å²) in [6.45, 7) is 10.5. The van der Waals surface area contributed by atoms with E-state index in [2.05, 4.69) is 48.4 Å². The molecule has 25 heavy (non-hydrogen) atoms. The van der Waals surface area contributed by atoms with Crippen LogP contribution in [0.5, 0.6) is 0 Å². The summed E-state index contributed by atoms with van der Waals surface area (Å²) >= 11 is 0. The van der Waals surface area contributed by atoms with Crippen molar-refractivity contribution < 1.29 is 9.53 Å². The maximum absolute atomic E-state index is 12.9. The van der Waals surface area contributed by atoms with Gasteiger partial charge >= 0.3 is 0 Å². The molecule has 0 aliphatic carbocycles. The molecule has 2 rings (SSSR count). The maximum Gasteiger partial charge on any atom is 0.237 e. The molecule has 1 aromatic rings. The quantitative estimate of drug-likeness (QED) is 0.720. The van der Waals surface area contributed by atoms with Crippen molar-refractivity contribution >= 4 is 5.91 Å². The van der Waals surface area contributed by atoms with E-state index in [-0.39, 0.29) is 24.0 Å². The topological polar surface area (TPSA) is 53.6 Å². The molecule has 1 fully saturated rings. The van der Waals surface area contributed by atoms with Crippen molar-refractivity contribution in [2.24, 2.45) is 0 Å². The van der Waals surface area contributed by atoms with Crippen LogP contribution < -0.4 is 10.6 Å². The van der Waals surface area contributed by atoms with Crippen molar-refractivity contribution in [1.29, 1.82) is 0 Å². The van der Waals surface area contributed by atoms with Gasteiger partial charge in [0, 0.05) is 25.7 Å². The van der Waals surface area contributed by atoms with Gasteiger partial charge in [-0.1, -0.05) is 57.5 Å². The Morgan fingerprint density at radius 3 is 2.48 bits per heavy atom. The van der Waals surface area contributed by atoms with Gasteiger partial charge in [0.05, 0.1) is 25.3 Å². The van der Waals surface area contributed by atoms with Gasteiger partial charge in [-0.25, -0.2) is 0 Å². The van der Waals surface area contributed by atoms with Crippen LogP contribution in [0.3, 0.4) is 0 Å². The normalized spacial score (nSPS) is 18.1. The van der Waals surface area contributed by atoms with E-state index in [1.807, 2.05) is 18.2 Å². The van der Waals surface area contributed by atoms with Gasteiger partial charge in [-0.05, 0) is 12.0 Å². The van der Waals surface area contributed by atoms with Crippen LogP contribution in [0.2, 0.25) is 0 Å². The van der Waals surface area contributed by atoms with Gasteiger partial charge in [0.2, 0.25) is 5.91 Å². The number of carbonyl (C=O) groups is 1. The minimum atomic E-state index is -0.138. The summed E-state index contributed by atoms with van der Waals surface area (Å²) in [5.74, 6) is 0.0951. The van der Waals surface area contributed by atoms with Crippen molar-refractivity contribution in [1.82, 2.24) is 15.5 Å². The fourth-order valence-electron chi connectivity index (χ4n) is 3.22. The van der Waals surface area contributed by atoms with Gasteiger partial charge in [-0.15, -0.1) is 0 Å². The average Bonchev–Trinajstić information content (AvgIpc) is 2.62. The number of benzene rings is 1. The molecule has 1 saturated heterocycles. The molecule has 0 aromatic heterocycles. The van der Waals surface area contributed by atoms with E-state index in [4.69, 9.17) is 4.74 Å². The van der Waals surface area contributed by atoms with Crippen molar-refractivity contribution in [2.75, 3.05) is 32.8 Å². The summed E-state index contributed by atoms with van der Waals surface area (Å²) in [7, 11) is 0. The predicted octanol–water partition coefficient (Wildman–Crippen LogP) is 2.34. The Balaban J connectivity index is 2.06. The first-order valence-corrected chi connectivity index (χ1v) is 9.51. The predicted molar refractivity (Wildman–Crippen MR) is 102 cm³/mol. The number of nitrogens with zero attached hydrogens (tertiary/aromatic N) is 1. The van der Waals surface area contributed by atoms with Crippen molar-refractivity contribution in [3.05, 3.63) is 35.9 Å². The summed E-state index contributed by atoms with van der Waals surface area (Å²) in [4.78, 5) is 15.2. The van der Waals surface area contributed by atoms with E-state index in [0.29, 0.717) is 0 Å². The Morgan fingerprint density at radius 2 is 1.88 bits per heavy atom. The van der Waals surface area contributed by atoms with Gasteiger partial charge in [0.1, 0.15) is 0 Å². The molecule has 0 unspecified atom stereocenters. The van der Waals surface area contributed by atoms with Gasteiger partial charge in [0.25, 0.3) is 0 Å². The van der Waals surface area contributed by atoms with Crippen LogP contribution in [0, 0.1) is 0 Å². The molecule has 1 aliphatic heterocycles. The summed E-state index contributed by atoms with van der Waals surface area (Å²) in [5, 5.41) is 6.68. The van der Waals surface area contributed by atoms with Gasteiger partial charge in [-0.2, -0.15) is 0 Å². The molecule has 2 atom stereocenters. The minimum Gasteiger partial charge on any atom is -0.379 e. The number of hydrogen-bond acceptors (Lipinski definition) is 4. The molecule has 0 bridgehead atoms. The van der Waals surface area contributed by atoms with Crippen LogP contribution in [0.25, 0.3) is 0 Å². The average molecular weight is 348 g/mol. The van der Waals surface area contributed by atoms with Crippen LogP contribution >= 0.6 is 0 Å². The highest BCUT2D eigenvalue weighted by Crippen LogP contribution is 2.16. The first kappa shape index (κ1) is 19.9. The number of nitrogens with one attached hydrogen (secondary N) is 2. The second-order valence-corrected chi connectivity index (χ2v) is 7.05. The SMILES string of the molecule is CCC[C@@H](NC(C)C)C(=O)N[C@H](CN1CCOCC1)c1ccccc1. The zero-order valence-electron chi connectivity index (χ0n) is 15.8. The highest BCUT2D eigenvalue weighted by atomic mass is 16.5. The molecule has 0 spiro atoms. The van der Waals surface area contributed by atoms with Crippen molar-refractivity contribution in [3.63, 3.8) is 0 Å². The second-order valence-electron chi connectivity index (χ2n) is 7.05. The van der Waals surface area contributed by atoms with Gasteiger partial charge in [-0.3, -0.25) is 9.69 Å². The molecule has 0 saturated carbocycles. The van der Waals surface area contributed by atoms with E-state index >= 15 is 0 Å². The lowest BCUT2D eigenvalue weighted by Crippen LogP contribution is -2.50. The molecule has 0 radical (unpaired) electrons. The number of carbonyl (C=O) groups excluding carboxylic acids is 1. The fourth-order valence-corrected chi connectivity index (χ4v) is 3.22. The van der Waals surface area contributed by atoms with Crippen LogP contribution in [-0.2, 0) is 9.53 Å². The van der Waals surface area contributed by atoms with E-state index in [1.165, 1.54) is 0 Å². The lowest BCUT2D eigenvalue weighted by atomic mass is 10.0. The molecule has 1 amide bonds. The van der Waals surface area contributed by atoms with Crippen LogP contribution in [0.1, 0.15) is 45.2 Å². The second kappa shape index (κ2) is 10.5. The van der Waals surface area contributed by atoms with Gasteiger partial charge < -0.3 is 15.4 Å². The highest BCUT2D eigenvalue weighted by Gasteiger charge is 2.24. The van der Waals surface area contributed by atoms with E-state index in [1.54, 1.807) is 0 Å². The fraction of sp³-hybridized carbons (Fsp3) is 0.650. The third-order valence-corrected chi connectivity index (χ3v) is 4.49. The minimum absolute atomic E-state index is 0.000110. The lowest BCUT2D eigenvalue weighted by Gasteiger charge is -2.32. The number of amides is 1. The number of hydrogen-bond donors (Lipinski definition) is 2. The molecule has 5 heteroatoms. The van der Waals surface area contributed by atoms with E-state index in [9.17, 15) is 4.79 Å². The Labute approximate surface area is 152 Å². The molecule has 2 N–H and O–H groups in total. The Kier molecular flexibility index (Phi) is 8.38. The molecule has 1 aliphatic rings. The summed E-state index contributed by atoms with van der Waals surface area (Å²) in [5.41, 5.74) is 1.15. The lowest BCUT2D eigenvalue weighted by molar-refractivity contribution is -0.124. The van der Waals surface area contributed by atoms with E-state index < -0.39 is 0 Å². The van der Waals surface area contributed by atoms with E-state index in [0.717, 1.165) is 51.3 Å². The number of morpholine rings is 1. The zero-order chi connectivity index (χ0) is 18.1. The first-order valence-electron chi connectivity index (χ1n) is 9.51. The van der Waals surface area contributed by atoms with Crippen LogP contribution in [0.15, 0.2) is 30.3 Å². The van der Waals surface area contributed by atoms with Crippen LogP contribution in [0.4, 0.5) is 0 Å². The zero-order valence-corrected chi connectivity index (χ0v) is 15.8. The molecular weight excluding hydrogens is 314 g/mol. The van der Waals surface area contributed by atoms with Gasteiger partial charge in [0.15, 0.2) is 0 Å². The molecule has 140 valence electrons. The third-order valence-electron chi connectivity index (χ3n) is 4.49. The molecule has 5 nitrogen and oxygen atoms in total. The number of ether oxygens (including phenoxy) is 1. The third kappa shape index (κ3) is 6.77. The molecule has 1 heterocycles. The standard InChI is InChI=1S/C20H33N3O2/c1-4-8-18(21-16(2)3)20(24)22-19(17-9-6-5-7-10-17)15-23-11-13-25-14-12-23/h5-7,9-10,16,18-19,21H,4,8,11-15H2,1-3H3,(H,22,24)/t18-,19-/m1/s1. The summed E-state index contributed by atoms with van der Waals surface area (Å²) in [6, 6.07) is 10.4. The first-order chi connectivity index (χ1) is 12.1. The van der Waals surface area contributed by atoms with Crippen molar-refractivity contribution in [2.45, 2.75) is 51.7 Å². The number of rotatable bonds is 9. The molecular formula is C20H33N3O2. The van der Waals surface area contributed by atoms with Crippen molar-refractivity contribution in [3.8, 4) is 0 Å². The van der Waals surface area contributed by atoms with Crippen LogP contribution in [-0.4, -0.2) is 55.7 Å². The Morgan fingerprint density at radius 1 is 1.20 bits per heavy atom. The largest absolute Gasteiger partial charge is 0.379 e. The Hall–Kier alpha value is -1.43. The summed E-state index contributed by atoms with van der Waals surface area (Å²) < 4.78 is 5.44. The smallest absolute Gasteiger partial charge is 0.237 e. The maximum atomic E-state index is 12.9. The highest BCUT2D eigenvalue weighted by molar-refractivity contribution is 5.82. The Bertz CT molecular complexity index is 501. The monoisotopic (exact) mass is 347 g/mol. The summed E-state index contributed by atoms with van der Waals surface area (Å²) in [6.07, 6.45) is 1.83.